The molecule has 0 fully saturated rings. The number of aliphatic hydroxyl groups is 1. The fourth-order valence-electron chi connectivity index (χ4n) is 2.68. The number of amides is 2. The Morgan fingerprint density at radius 1 is 1.20 bits per heavy atom. The molecule has 5 heteroatoms. The van der Waals surface area contributed by atoms with Crippen molar-refractivity contribution in [1.82, 2.24) is 4.90 Å². The monoisotopic (exact) mass is 342 g/mol. The van der Waals surface area contributed by atoms with Gasteiger partial charge in [-0.15, -0.1) is 0 Å². The van der Waals surface area contributed by atoms with Crippen LogP contribution in [0.25, 0.3) is 0 Å². The van der Waals surface area contributed by atoms with Gasteiger partial charge in [0.15, 0.2) is 0 Å². The highest BCUT2D eigenvalue weighted by molar-refractivity contribution is 5.89. The van der Waals surface area contributed by atoms with Crippen molar-refractivity contribution in [1.29, 1.82) is 0 Å². The molecule has 0 heterocycles. The van der Waals surface area contributed by atoms with Crippen molar-refractivity contribution >= 4 is 11.7 Å². The third kappa shape index (κ3) is 5.80. The first-order chi connectivity index (χ1) is 11.8. The van der Waals surface area contributed by atoms with Crippen LogP contribution in [0.2, 0.25) is 0 Å². The van der Waals surface area contributed by atoms with Gasteiger partial charge in [-0.3, -0.25) is 0 Å². The van der Waals surface area contributed by atoms with E-state index in [4.69, 9.17) is 4.74 Å². The Kier molecular flexibility index (Phi) is 6.04. The lowest BCUT2D eigenvalue weighted by Crippen LogP contribution is -2.41. The average molecular weight is 342 g/mol. The summed E-state index contributed by atoms with van der Waals surface area (Å²) < 4.78 is 5.43. The van der Waals surface area contributed by atoms with Crippen LogP contribution in [-0.4, -0.2) is 42.3 Å². The lowest BCUT2D eigenvalue weighted by molar-refractivity contribution is 0.0550. The minimum atomic E-state index is -0.940. The number of hydrogen-bond acceptors (Lipinski definition) is 3. The maximum absolute atomic E-state index is 12.3. The Morgan fingerprint density at radius 2 is 1.88 bits per heavy atom. The molecular formula is C20H26N2O3. The van der Waals surface area contributed by atoms with Gasteiger partial charge in [-0.1, -0.05) is 30.3 Å². The van der Waals surface area contributed by atoms with Crippen LogP contribution in [0, 0.1) is 0 Å². The number of urea groups is 1. The van der Waals surface area contributed by atoms with E-state index in [9.17, 15) is 9.90 Å². The molecule has 134 valence electrons. The number of anilines is 1. The third-order valence-corrected chi connectivity index (χ3v) is 3.74. The second kappa shape index (κ2) is 8.03. The molecular weight excluding hydrogens is 316 g/mol. The molecule has 0 saturated carbocycles. The quantitative estimate of drug-likeness (QED) is 0.844. The van der Waals surface area contributed by atoms with Crippen LogP contribution in [0.15, 0.2) is 48.5 Å². The van der Waals surface area contributed by atoms with Crippen molar-refractivity contribution in [3.05, 3.63) is 59.7 Å². The summed E-state index contributed by atoms with van der Waals surface area (Å²) in [5, 5.41) is 12.7. The van der Waals surface area contributed by atoms with E-state index in [0.717, 1.165) is 11.3 Å². The summed E-state index contributed by atoms with van der Waals surface area (Å²) in [7, 11) is 3.29. The van der Waals surface area contributed by atoms with Crippen molar-refractivity contribution in [3.8, 4) is 5.75 Å². The summed E-state index contributed by atoms with van der Waals surface area (Å²) in [5.41, 5.74) is 1.92. The van der Waals surface area contributed by atoms with Gasteiger partial charge in [-0.25, -0.2) is 4.79 Å². The fraction of sp³-hybridized carbons (Fsp3) is 0.350. The van der Waals surface area contributed by atoms with Crippen LogP contribution >= 0.6 is 0 Å². The van der Waals surface area contributed by atoms with E-state index in [1.807, 2.05) is 36.4 Å². The molecule has 2 N–H and O–H groups in total. The molecule has 0 aliphatic rings. The molecule has 2 rings (SSSR count). The van der Waals surface area contributed by atoms with Crippen LogP contribution in [-0.2, 0) is 6.42 Å². The van der Waals surface area contributed by atoms with E-state index >= 15 is 0 Å². The Hall–Kier alpha value is -2.53. The second-order valence-electron chi connectivity index (χ2n) is 6.79. The van der Waals surface area contributed by atoms with E-state index in [-0.39, 0.29) is 12.6 Å². The number of benzene rings is 2. The second-order valence-corrected chi connectivity index (χ2v) is 6.79. The number of rotatable bonds is 6. The van der Waals surface area contributed by atoms with E-state index in [1.54, 1.807) is 28.0 Å². The van der Waals surface area contributed by atoms with E-state index in [2.05, 4.69) is 17.4 Å². The first-order valence-electron chi connectivity index (χ1n) is 8.24. The smallest absolute Gasteiger partial charge is 0.321 e. The molecule has 25 heavy (non-hydrogen) atoms. The highest BCUT2D eigenvalue weighted by Crippen LogP contribution is 2.25. The molecule has 5 nitrogen and oxygen atoms in total. The Bertz CT molecular complexity index is 709. The summed E-state index contributed by atoms with van der Waals surface area (Å²) >= 11 is 0. The number of nitrogens with zero attached hydrogens (tertiary/aromatic N) is 1. The molecule has 0 radical (unpaired) electrons. The largest absolute Gasteiger partial charge is 0.496 e. The van der Waals surface area contributed by atoms with Crippen molar-refractivity contribution in [2.75, 3.05) is 26.0 Å². The molecule has 2 amide bonds. The van der Waals surface area contributed by atoms with Gasteiger partial charge in [0.1, 0.15) is 5.75 Å². The predicted octanol–water partition coefficient (Wildman–Crippen LogP) is 3.52. The summed E-state index contributed by atoms with van der Waals surface area (Å²) in [6.45, 7) is 3.58. The minimum absolute atomic E-state index is 0.242. The van der Waals surface area contributed by atoms with Crippen LogP contribution in [0.4, 0.5) is 10.5 Å². The summed E-state index contributed by atoms with van der Waals surface area (Å²) in [6.07, 6.45) is 0.716. The molecule has 0 atom stereocenters. The standard InChI is InChI=1S/C20H26N2O3/c1-20(2,24)14-22(3)19(23)21-17-10-11-18(25-4)16(13-17)12-15-8-6-5-7-9-15/h5-11,13,24H,12,14H2,1-4H3,(H,21,23). The topological polar surface area (TPSA) is 61.8 Å². The number of methoxy groups -OCH3 is 1. The van der Waals surface area contributed by atoms with Crippen molar-refractivity contribution in [3.63, 3.8) is 0 Å². The fourth-order valence-corrected chi connectivity index (χ4v) is 2.68. The van der Waals surface area contributed by atoms with Gasteiger partial charge in [0.25, 0.3) is 0 Å². The Labute approximate surface area is 149 Å². The Balaban J connectivity index is 2.14. The molecule has 2 aromatic carbocycles. The molecule has 0 spiro atoms. The summed E-state index contributed by atoms with van der Waals surface area (Å²) in [6, 6.07) is 15.4. The Morgan fingerprint density at radius 3 is 2.48 bits per heavy atom. The zero-order chi connectivity index (χ0) is 18.4. The highest BCUT2D eigenvalue weighted by Gasteiger charge is 2.19. The maximum Gasteiger partial charge on any atom is 0.321 e. The SMILES string of the molecule is COc1ccc(NC(=O)N(C)CC(C)(C)O)cc1Cc1ccccc1. The number of likely N-dealkylation sites (N-methyl/N-ethyl adjacent to an activating group) is 1. The van der Waals surface area contributed by atoms with Gasteiger partial charge in [-0.2, -0.15) is 0 Å². The van der Waals surface area contributed by atoms with Crippen molar-refractivity contribution < 1.29 is 14.6 Å². The van der Waals surface area contributed by atoms with Crippen molar-refractivity contribution in [2.45, 2.75) is 25.9 Å². The van der Waals surface area contributed by atoms with Gasteiger partial charge < -0.3 is 20.1 Å². The normalized spacial score (nSPS) is 11.1. The predicted molar refractivity (Wildman–Crippen MR) is 100 cm³/mol. The zero-order valence-electron chi connectivity index (χ0n) is 15.2. The van der Waals surface area contributed by atoms with Crippen LogP contribution < -0.4 is 10.1 Å². The molecule has 0 aromatic heterocycles. The highest BCUT2D eigenvalue weighted by atomic mass is 16.5. The average Bonchev–Trinajstić information content (AvgIpc) is 2.54. The lowest BCUT2D eigenvalue weighted by Gasteiger charge is -2.25. The number of ether oxygens (including phenoxy) is 1. The molecule has 0 saturated heterocycles. The molecule has 2 aromatic rings. The lowest BCUT2D eigenvalue weighted by atomic mass is 10.0. The molecule has 0 aliphatic carbocycles. The summed E-state index contributed by atoms with van der Waals surface area (Å²) in [4.78, 5) is 13.7. The van der Waals surface area contributed by atoms with Crippen LogP contribution in [0.5, 0.6) is 5.75 Å². The van der Waals surface area contributed by atoms with Gasteiger partial charge in [0, 0.05) is 24.7 Å². The van der Waals surface area contributed by atoms with Gasteiger partial charge in [-0.05, 0) is 37.6 Å². The van der Waals surface area contributed by atoms with E-state index < -0.39 is 5.60 Å². The van der Waals surface area contributed by atoms with Gasteiger partial charge in [0.2, 0.25) is 0 Å². The zero-order valence-corrected chi connectivity index (χ0v) is 15.2. The minimum Gasteiger partial charge on any atom is -0.496 e. The van der Waals surface area contributed by atoms with Gasteiger partial charge >= 0.3 is 6.03 Å². The first kappa shape index (κ1) is 18.8. The molecule has 0 unspecified atom stereocenters. The number of carbonyl (C=O) groups is 1. The maximum atomic E-state index is 12.3. The van der Waals surface area contributed by atoms with Crippen LogP contribution in [0.3, 0.4) is 0 Å². The van der Waals surface area contributed by atoms with E-state index in [0.29, 0.717) is 12.1 Å². The summed E-state index contributed by atoms with van der Waals surface area (Å²) in [5.74, 6) is 0.784. The van der Waals surface area contributed by atoms with Crippen LogP contribution in [0.1, 0.15) is 25.0 Å². The molecule has 0 bridgehead atoms. The number of carbonyl (C=O) groups excluding carboxylic acids is 1. The third-order valence-electron chi connectivity index (χ3n) is 3.74. The molecule has 0 aliphatic heterocycles. The van der Waals surface area contributed by atoms with Crippen molar-refractivity contribution in [2.24, 2.45) is 0 Å². The van der Waals surface area contributed by atoms with Gasteiger partial charge in [0.05, 0.1) is 19.3 Å². The number of nitrogens with one attached hydrogen (secondary N) is 1. The number of hydrogen-bond donors (Lipinski definition) is 2. The first-order valence-corrected chi connectivity index (χ1v) is 8.24. The van der Waals surface area contributed by atoms with E-state index in [1.165, 1.54) is 10.5 Å².